The first-order chi connectivity index (χ1) is 17.8. The number of fused-ring (bicyclic) bond motifs is 1. The Hall–Kier alpha value is -4.39. The fourth-order valence-electron chi connectivity index (χ4n) is 4.16. The Morgan fingerprint density at radius 2 is 1.51 bits per heavy atom. The maximum Gasteiger partial charge on any atom is 0.251 e. The molecule has 0 saturated heterocycles. The molecule has 0 fully saturated rings. The van der Waals surface area contributed by atoms with Gasteiger partial charge in [-0.05, 0) is 52.9 Å². The number of aromatic nitrogens is 1. The standard InChI is InChI=1S/C30H32N4O3/c1-19(2)17-32-29(36)23-10-8-21(9-11-23)22-12-14-25(15-13-22)34-30(37)28(33-20(3)35)16-24-18-31-27-7-5-4-6-26(24)27/h4-15,18-19,28,31H,16-17H2,1-3H3,(H,32,36)(H,33,35)(H,34,37). The first-order valence-electron chi connectivity index (χ1n) is 12.4. The van der Waals surface area contributed by atoms with E-state index in [9.17, 15) is 14.4 Å². The van der Waals surface area contributed by atoms with Crippen molar-refractivity contribution in [2.24, 2.45) is 5.92 Å². The third-order valence-corrected chi connectivity index (χ3v) is 6.10. The van der Waals surface area contributed by atoms with Crippen LogP contribution in [0.25, 0.3) is 22.0 Å². The van der Waals surface area contributed by atoms with Gasteiger partial charge in [0.05, 0.1) is 0 Å². The van der Waals surface area contributed by atoms with Crippen LogP contribution in [-0.2, 0) is 16.0 Å². The Kier molecular flexibility index (Phi) is 8.03. The minimum absolute atomic E-state index is 0.0836. The molecular weight excluding hydrogens is 464 g/mol. The summed E-state index contributed by atoms with van der Waals surface area (Å²) in [5.41, 5.74) is 5.12. The van der Waals surface area contributed by atoms with Crippen molar-refractivity contribution in [1.82, 2.24) is 15.6 Å². The van der Waals surface area contributed by atoms with Crippen molar-refractivity contribution < 1.29 is 14.4 Å². The number of para-hydroxylation sites is 1. The molecule has 37 heavy (non-hydrogen) atoms. The van der Waals surface area contributed by atoms with E-state index in [4.69, 9.17) is 0 Å². The first-order valence-corrected chi connectivity index (χ1v) is 12.4. The summed E-state index contributed by atoms with van der Waals surface area (Å²) in [7, 11) is 0. The number of anilines is 1. The fraction of sp³-hybridized carbons (Fsp3) is 0.233. The van der Waals surface area contributed by atoms with Gasteiger partial charge >= 0.3 is 0 Å². The smallest absolute Gasteiger partial charge is 0.251 e. The molecule has 0 radical (unpaired) electrons. The van der Waals surface area contributed by atoms with Crippen LogP contribution in [0.5, 0.6) is 0 Å². The average Bonchev–Trinajstić information content (AvgIpc) is 3.30. The zero-order valence-corrected chi connectivity index (χ0v) is 21.3. The number of H-pyrrole nitrogens is 1. The lowest BCUT2D eigenvalue weighted by Gasteiger charge is -2.18. The molecule has 1 aromatic heterocycles. The number of amides is 3. The van der Waals surface area contributed by atoms with E-state index in [0.717, 1.165) is 27.6 Å². The van der Waals surface area contributed by atoms with Gasteiger partial charge in [0, 0.05) is 48.2 Å². The molecule has 1 unspecified atom stereocenters. The van der Waals surface area contributed by atoms with Crippen LogP contribution >= 0.6 is 0 Å². The lowest BCUT2D eigenvalue weighted by molar-refractivity contribution is -0.125. The summed E-state index contributed by atoms with van der Waals surface area (Å²) in [5.74, 6) is -0.245. The first kappa shape index (κ1) is 25.7. The number of benzene rings is 3. The molecule has 4 N–H and O–H groups in total. The number of nitrogens with one attached hydrogen (secondary N) is 4. The Bertz CT molecular complexity index is 1390. The molecule has 3 amide bonds. The lowest BCUT2D eigenvalue weighted by atomic mass is 10.0. The summed E-state index contributed by atoms with van der Waals surface area (Å²) in [6, 6.07) is 22.1. The third kappa shape index (κ3) is 6.64. The Morgan fingerprint density at radius 1 is 0.865 bits per heavy atom. The van der Waals surface area contributed by atoms with Crippen molar-refractivity contribution in [3.63, 3.8) is 0 Å². The number of rotatable bonds is 9. The monoisotopic (exact) mass is 496 g/mol. The molecule has 0 saturated carbocycles. The van der Waals surface area contributed by atoms with Crippen molar-refractivity contribution in [3.05, 3.63) is 90.1 Å². The fourth-order valence-corrected chi connectivity index (χ4v) is 4.16. The third-order valence-electron chi connectivity index (χ3n) is 6.10. The summed E-state index contributed by atoms with van der Waals surface area (Å²) in [6.45, 7) is 6.15. The molecule has 7 heteroatoms. The molecule has 190 valence electrons. The molecule has 4 aromatic rings. The molecule has 4 rings (SSSR count). The molecule has 3 aromatic carbocycles. The summed E-state index contributed by atoms with van der Waals surface area (Å²) in [5, 5.41) is 9.63. The van der Waals surface area contributed by atoms with Gasteiger partial charge in [0.1, 0.15) is 6.04 Å². The van der Waals surface area contributed by atoms with E-state index in [1.165, 1.54) is 6.92 Å². The van der Waals surface area contributed by atoms with E-state index in [0.29, 0.717) is 30.1 Å². The Morgan fingerprint density at radius 3 is 2.16 bits per heavy atom. The van der Waals surface area contributed by atoms with Gasteiger partial charge in [0.2, 0.25) is 11.8 Å². The molecule has 1 heterocycles. The highest BCUT2D eigenvalue weighted by Gasteiger charge is 2.21. The maximum absolute atomic E-state index is 13.1. The summed E-state index contributed by atoms with van der Waals surface area (Å²) in [6.07, 6.45) is 2.24. The van der Waals surface area contributed by atoms with Gasteiger partial charge in [-0.1, -0.05) is 56.3 Å². The summed E-state index contributed by atoms with van der Waals surface area (Å²) < 4.78 is 0. The molecule has 0 aliphatic heterocycles. The van der Waals surface area contributed by atoms with E-state index in [2.05, 4.69) is 34.8 Å². The number of hydrogen-bond acceptors (Lipinski definition) is 3. The molecular formula is C30H32N4O3. The van der Waals surface area contributed by atoms with Crippen LogP contribution in [0.2, 0.25) is 0 Å². The molecule has 0 spiro atoms. The summed E-state index contributed by atoms with van der Waals surface area (Å²) in [4.78, 5) is 40.4. The zero-order valence-electron chi connectivity index (χ0n) is 21.3. The largest absolute Gasteiger partial charge is 0.361 e. The predicted molar refractivity (Wildman–Crippen MR) is 147 cm³/mol. The van der Waals surface area contributed by atoms with E-state index >= 15 is 0 Å². The van der Waals surface area contributed by atoms with E-state index < -0.39 is 6.04 Å². The minimum atomic E-state index is -0.717. The van der Waals surface area contributed by atoms with Crippen LogP contribution in [0.3, 0.4) is 0 Å². The number of hydrogen-bond donors (Lipinski definition) is 4. The predicted octanol–water partition coefficient (Wildman–Crippen LogP) is 4.91. The van der Waals surface area contributed by atoms with Gasteiger partial charge in [-0.15, -0.1) is 0 Å². The van der Waals surface area contributed by atoms with Crippen molar-refractivity contribution in [3.8, 4) is 11.1 Å². The van der Waals surface area contributed by atoms with E-state index in [1.54, 1.807) is 0 Å². The van der Waals surface area contributed by atoms with Crippen LogP contribution in [0.15, 0.2) is 79.0 Å². The Balaban J connectivity index is 1.42. The van der Waals surface area contributed by atoms with Crippen molar-refractivity contribution in [2.45, 2.75) is 33.2 Å². The highest BCUT2D eigenvalue weighted by atomic mass is 16.2. The zero-order chi connectivity index (χ0) is 26.4. The molecule has 7 nitrogen and oxygen atoms in total. The SMILES string of the molecule is CC(=O)NC(Cc1c[nH]c2ccccc12)C(=O)Nc1ccc(-c2ccc(C(=O)NCC(C)C)cc2)cc1. The van der Waals surface area contributed by atoms with Gasteiger partial charge in [0.15, 0.2) is 0 Å². The highest BCUT2D eigenvalue weighted by molar-refractivity contribution is 5.98. The number of carbonyl (C=O) groups is 3. The second kappa shape index (κ2) is 11.6. The van der Waals surface area contributed by atoms with Gasteiger partial charge < -0.3 is 20.9 Å². The maximum atomic E-state index is 13.1. The molecule has 0 bridgehead atoms. The van der Waals surface area contributed by atoms with Crippen molar-refractivity contribution in [2.75, 3.05) is 11.9 Å². The van der Waals surface area contributed by atoms with Crippen LogP contribution in [0, 0.1) is 5.92 Å². The summed E-state index contributed by atoms with van der Waals surface area (Å²) >= 11 is 0. The van der Waals surface area contributed by atoms with Crippen LogP contribution in [0.4, 0.5) is 5.69 Å². The van der Waals surface area contributed by atoms with Crippen LogP contribution < -0.4 is 16.0 Å². The van der Waals surface area contributed by atoms with E-state index in [-0.39, 0.29) is 17.7 Å². The van der Waals surface area contributed by atoms with Crippen LogP contribution in [0.1, 0.15) is 36.7 Å². The molecule has 0 aliphatic rings. The average molecular weight is 497 g/mol. The number of carbonyl (C=O) groups excluding carboxylic acids is 3. The topological polar surface area (TPSA) is 103 Å². The second-order valence-corrected chi connectivity index (χ2v) is 9.56. The normalized spacial score (nSPS) is 11.8. The van der Waals surface area contributed by atoms with Gasteiger partial charge in [-0.3, -0.25) is 14.4 Å². The molecule has 1 atom stereocenters. The second-order valence-electron chi connectivity index (χ2n) is 9.56. The van der Waals surface area contributed by atoms with Crippen molar-refractivity contribution in [1.29, 1.82) is 0 Å². The lowest BCUT2D eigenvalue weighted by Crippen LogP contribution is -2.44. The van der Waals surface area contributed by atoms with Gasteiger partial charge in [-0.25, -0.2) is 0 Å². The van der Waals surface area contributed by atoms with Gasteiger partial charge in [-0.2, -0.15) is 0 Å². The van der Waals surface area contributed by atoms with Crippen LogP contribution in [-0.4, -0.2) is 35.3 Å². The molecule has 0 aliphatic carbocycles. The Labute approximate surface area is 216 Å². The quantitative estimate of drug-likeness (QED) is 0.265. The van der Waals surface area contributed by atoms with Crippen molar-refractivity contribution >= 4 is 34.3 Å². The minimum Gasteiger partial charge on any atom is -0.361 e. The van der Waals surface area contributed by atoms with E-state index in [1.807, 2.05) is 79.0 Å². The number of aromatic amines is 1. The highest BCUT2D eigenvalue weighted by Crippen LogP contribution is 2.23. The van der Waals surface area contributed by atoms with Gasteiger partial charge in [0.25, 0.3) is 5.91 Å².